The summed E-state index contributed by atoms with van der Waals surface area (Å²) in [6.07, 6.45) is 5.33. The number of aromatic nitrogens is 1. The van der Waals surface area contributed by atoms with Crippen LogP contribution in [0.15, 0.2) is 41.5 Å². The average Bonchev–Trinajstić information content (AvgIpc) is 2.96. The number of aromatic carboxylic acids is 1. The van der Waals surface area contributed by atoms with E-state index in [4.69, 9.17) is 4.74 Å². The van der Waals surface area contributed by atoms with Crippen LogP contribution in [0.2, 0.25) is 0 Å². The normalized spacial score (nSPS) is 17.0. The van der Waals surface area contributed by atoms with Gasteiger partial charge in [-0.15, -0.1) is 0 Å². The molecule has 0 aromatic carbocycles. The highest BCUT2D eigenvalue weighted by Crippen LogP contribution is 2.28. The molecule has 2 aromatic heterocycles. The fourth-order valence-corrected chi connectivity index (χ4v) is 2.54. The van der Waals surface area contributed by atoms with E-state index >= 15 is 0 Å². The SMILES string of the molecule is O=C(O)c1c(O)c(CC2C=COC2)c2ccccn2c1=O. The molecule has 0 saturated carbocycles. The largest absolute Gasteiger partial charge is 0.506 e. The van der Waals surface area contributed by atoms with Crippen molar-refractivity contribution in [1.82, 2.24) is 4.40 Å². The molecule has 21 heavy (non-hydrogen) atoms. The Labute approximate surface area is 119 Å². The summed E-state index contributed by atoms with van der Waals surface area (Å²) >= 11 is 0. The molecule has 0 aliphatic carbocycles. The van der Waals surface area contributed by atoms with Gasteiger partial charge in [0.05, 0.1) is 18.4 Å². The third-order valence-electron chi connectivity index (χ3n) is 3.56. The Kier molecular flexibility index (Phi) is 3.13. The van der Waals surface area contributed by atoms with Crippen LogP contribution in [-0.2, 0) is 11.2 Å². The second kappa shape index (κ2) is 4.97. The van der Waals surface area contributed by atoms with Crippen LogP contribution >= 0.6 is 0 Å². The first-order valence-electron chi connectivity index (χ1n) is 6.46. The lowest BCUT2D eigenvalue weighted by Gasteiger charge is -2.14. The van der Waals surface area contributed by atoms with E-state index in [1.165, 1.54) is 10.6 Å². The van der Waals surface area contributed by atoms with Crippen molar-refractivity contribution >= 4 is 11.5 Å². The number of ether oxygens (including phenoxy) is 1. The van der Waals surface area contributed by atoms with Crippen LogP contribution in [0.5, 0.6) is 5.75 Å². The van der Waals surface area contributed by atoms with Crippen molar-refractivity contribution in [2.24, 2.45) is 5.92 Å². The minimum Gasteiger partial charge on any atom is -0.506 e. The number of rotatable bonds is 3. The van der Waals surface area contributed by atoms with Gasteiger partial charge in [-0.05, 0) is 24.6 Å². The Hall–Kier alpha value is -2.76. The molecule has 0 saturated heterocycles. The number of hydrogen-bond acceptors (Lipinski definition) is 4. The fourth-order valence-electron chi connectivity index (χ4n) is 2.54. The second-order valence-corrected chi connectivity index (χ2v) is 4.89. The van der Waals surface area contributed by atoms with Gasteiger partial charge in [-0.3, -0.25) is 9.20 Å². The zero-order valence-corrected chi connectivity index (χ0v) is 11.0. The van der Waals surface area contributed by atoms with Crippen molar-refractivity contribution in [2.45, 2.75) is 6.42 Å². The van der Waals surface area contributed by atoms with Crippen LogP contribution < -0.4 is 5.56 Å². The number of fused-ring (bicyclic) bond motifs is 1. The zero-order chi connectivity index (χ0) is 15.0. The Morgan fingerprint density at radius 3 is 2.90 bits per heavy atom. The van der Waals surface area contributed by atoms with Crippen molar-refractivity contribution in [2.75, 3.05) is 6.61 Å². The molecule has 6 nitrogen and oxygen atoms in total. The first kappa shape index (κ1) is 13.2. The standard InChI is InChI=1S/C15H13NO5/c17-13-10(7-9-4-6-21-8-9)11-3-1-2-5-16(11)14(18)12(13)15(19)20/h1-6,9,17H,7-8H2,(H,19,20). The predicted octanol–water partition coefficient (Wildman–Crippen LogP) is 1.41. The van der Waals surface area contributed by atoms with Gasteiger partial charge in [-0.1, -0.05) is 6.07 Å². The summed E-state index contributed by atoms with van der Waals surface area (Å²) in [5, 5.41) is 19.4. The highest BCUT2D eigenvalue weighted by molar-refractivity contribution is 5.92. The van der Waals surface area contributed by atoms with E-state index in [9.17, 15) is 19.8 Å². The molecule has 0 spiro atoms. The molecule has 2 aromatic rings. The minimum atomic E-state index is -1.43. The number of carboxylic acid groups (broad SMARTS) is 1. The Balaban J connectivity index is 2.27. The third kappa shape index (κ3) is 2.14. The lowest BCUT2D eigenvalue weighted by molar-refractivity contribution is 0.0691. The molecule has 0 amide bonds. The first-order chi connectivity index (χ1) is 10.1. The van der Waals surface area contributed by atoms with Crippen LogP contribution in [0, 0.1) is 5.92 Å². The number of aromatic hydroxyl groups is 1. The van der Waals surface area contributed by atoms with Gasteiger partial charge in [0.15, 0.2) is 5.56 Å². The van der Waals surface area contributed by atoms with Crippen LogP contribution in [0.1, 0.15) is 15.9 Å². The van der Waals surface area contributed by atoms with Crippen LogP contribution in [-0.4, -0.2) is 27.2 Å². The lowest BCUT2D eigenvalue weighted by Crippen LogP contribution is -2.24. The van der Waals surface area contributed by atoms with E-state index in [2.05, 4.69) is 0 Å². The quantitative estimate of drug-likeness (QED) is 0.891. The van der Waals surface area contributed by atoms with Crippen LogP contribution in [0.3, 0.4) is 0 Å². The molecule has 3 rings (SSSR count). The smallest absolute Gasteiger partial charge is 0.345 e. The first-order valence-corrected chi connectivity index (χ1v) is 6.46. The molecule has 2 N–H and O–H groups in total. The molecular formula is C15H13NO5. The lowest BCUT2D eigenvalue weighted by atomic mass is 9.97. The van der Waals surface area contributed by atoms with E-state index in [0.717, 1.165) is 0 Å². The third-order valence-corrected chi connectivity index (χ3v) is 3.56. The van der Waals surface area contributed by atoms with Gasteiger partial charge in [0, 0.05) is 17.7 Å². The van der Waals surface area contributed by atoms with Crippen molar-refractivity contribution < 1.29 is 19.7 Å². The van der Waals surface area contributed by atoms with E-state index in [1.54, 1.807) is 24.5 Å². The number of hydrogen-bond donors (Lipinski definition) is 2. The van der Waals surface area contributed by atoms with E-state index < -0.39 is 22.8 Å². The summed E-state index contributed by atoms with van der Waals surface area (Å²) in [5.74, 6) is -1.85. The summed E-state index contributed by atoms with van der Waals surface area (Å²) < 4.78 is 6.38. The van der Waals surface area contributed by atoms with Crippen molar-refractivity contribution in [3.63, 3.8) is 0 Å². The molecule has 1 atom stereocenters. The molecule has 1 unspecified atom stereocenters. The molecule has 1 aliphatic heterocycles. The van der Waals surface area contributed by atoms with Gasteiger partial charge in [-0.2, -0.15) is 0 Å². The summed E-state index contributed by atoms with van der Waals surface area (Å²) in [5.41, 5.74) is -0.396. The van der Waals surface area contributed by atoms with Gasteiger partial charge >= 0.3 is 5.97 Å². The molecule has 1 aliphatic rings. The average molecular weight is 287 g/mol. The molecule has 0 bridgehead atoms. The van der Waals surface area contributed by atoms with Gasteiger partial charge < -0.3 is 14.9 Å². The molecule has 0 fully saturated rings. The van der Waals surface area contributed by atoms with Crippen molar-refractivity contribution in [3.05, 3.63) is 58.2 Å². The molecule has 6 heteroatoms. The maximum atomic E-state index is 12.2. The number of nitrogens with zero attached hydrogens (tertiary/aromatic N) is 1. The van der Waals surface area contributed by atoms with E-state index in [1.807, 2.05) is 6.08 Å². The van der Waals surface area contributed by atoms with Crippen molar-refractivity contribution in [1.29, 1.82) is 0 Å². The number of pyridine rings is 2. The molecular weight excluding hydrogens is 274 g/mol. The Morgan fingerprint density at radius 2 is 2.24 bits per heavy atom. The van der Waals surface area contributed by atoms with E-state index in [-0.39, 0.29) is 5.92 Å². The molecule has 3 heterocycles. The minimum absolute atomic E-state index is 0.0408. The van der Waals surface area contributed by atoms with Crippen LogP contribution in [0.4, 0.5) is 0 Å². The fraction of sp³-hybridized carbons (Fsp3) is 0.200. The monoisotopic (exact) mass is 287 g/mol. The molecule has 108 valence electrons. The van der Waals surface area contributed by atoms with Gasteiger partial charge in [-0.25, -0.2) is 4.79 Å². The highest BCUT2D eigenvalue weighted by Gasteiger charge is 2.24. The van der Waals surface area contributed by atoms with Gasteiger partial charge in [0.25, 0.3) is 5.56 Å². The number of carbonyl (C=O) groups is 1. The zero-order valence-electron chi connectivity index (χ0n) is 11.0. The summed E-state index contributed by atoms with van der Waals surface area (Å²) in [6, 6.07) is 5.06. The molecule has 0 radical (unpaired) electrons. The maximum Gasteiger partial charge on any atom is 0.345 e. The van der Waals surface area contributed by atoms with E-state index in [0.29, 0.717) is 24.1 Å². The summed E-state index contributed by atoms with van der Waals surface area (Å²) in [7, 11) is 0. The Morgan fingerprint density at radius 1 is 1.43 bits per heavy atom. The van der Waals surface area contributed by atoms with Gasteiger partial charge in [0.1, 0.15) is 5.75 Å². The van der Waals surface area contributed by atoms with Gasteiger partial charge in [0.2, 0.25) is 0 Å². The Bertz CT molecular complexity index is 806. The predicted molar refractivity (Wildman–Crippen MR) is 74.6 cm³/mol. The summed E-state index contributed by atoms with van der Waals surface area (Å²) in [6.45, 7) is 0.472. The van der Waals surface area contributed by atoms with Crippen LogP contribution in [0.25, 0.3) is 5.52 Å². The topological polar surface area (TPSA) is 88.2 Å². The summed E-state index contributed by atoms with van der Waals surface area (Å²) in [4.78, 5) is 23.4. The maximum absolute atomic E-state index is 12.2. The van der Waals surface area contributed by atoms with Crippen molar-refractivity contribution in [3.8, 4) is 5.75 Å². The highest BCUT2D eigenvalue weighted by atomic mass is 16.5. The second-order valence-electron chi connectivity index (χ2n) is 4.89. The number of carboxylic acids is 1.